The molecule has 2 nitrogen and oxygen atoms in total. The third kappa shape index (κ3) is 1.84. The molecule has 0 N–H and O–H groups in total. The highest BCUT2D eigenvalue weighted by Crippen LogP contribution is 2.23. The minimum Gasteiger partial charge on any atom is -0.364 e. The second kappa shape index (κ2) is 3.61. The summed E-state index contributed by atoms with van der Waals surface area (Å²) >= 11 is 0. The van der Waals surface area contributed by atoms with Gasteiger partial charge in [-0.1, -0.05) is 0 Å². The van der Waals surface area contributed by atoms with Gasteiger partial charge < -0.3 is 4.90 Å². The van der Waals surface area contributed by atoms with Gasteiger partial charge in [0.2, 0.25) is 0 Å². The molecule has 0 atom stereocenters. The van der Waals surface area contributed by atoms with E-state index in [1.807, 2.05) is 0 Å². The standard InChI is InChI=1S/C11H11F2NO/c1-7-4-8(5-10(12)11(7)13)14-3-2-9(15)6-14/h4-5H,2-3,6H2,1H3. The number of halogens is 2. The van der Waals surface area contributed by atoms with Crippen LogP contribution in [0.5, 0.6) is 0 Å². The van der Waals surface area contributed by atoms with Crippen molar-refractivity contribution in [3.05, 3.63) is 29.3 Å². The van der Waals surface area contributed by atoms with Crippen molar-refractivity contribution in [3.63, 3.8) is 0 Å². The SMILES string of the molecule is Cc1cc(N2CCC(=O)C2)cc(F)c1F. The maximum atomic E-state index is 13.1. The van der Waals surface area contributed by atoms with Gasteiger partial charge in [-0.3, -0.25) is 4.79 Å². The number of aryl methyl sites for hydroxylation is 1. The zero-order chi connectivity index (χ0) is 11.0. The number of hydrogen-bond acceptors (Lipinski definition) is 2. The number of rotatable bonds is 1. The molecular formula is C11H11F2NO. The van der Waals surface area contributed by atoms with Gasteiger partial charge in [-0.25, -0.2) is 8.78 Å². The normalized spacial score (nSPS) is 16.2. The molecule has 1 aromatic carbocycles. The van der Waals surface area contributed by atoms with Crippen molar-refractivity contribution in [2.45, 2.75) is 13.3 Å². The third-order valence-corrected chi connectivity index (χ3v) is 2.59. The summed E-state index contributed by atoms with van der Waals surface area (Å²) in [6.45, 7) is 2.40. The van der Waals surface area contributed by atoms with Crippen LogP contribution in [0.3, 0.4) is 0 Å². The molecule has 1 heterocycles. The molecule has 1 aromatic rings. The van der Waals surface area contributed by atoms with E-state index in [0.717, 1.165) is 6.07 Å². The van der Waals surface area contributed by atoms with Gasteiger partial charge in [0.05, 0.1) is 6.54 Å². The molecule has 1 aliphatic rings. The Kier molecular flexibility index (Phi) is 2.42. The third-order valence-electron chi connectivity index (χ3n) is 2.59. The molecule has 1 aliphatic heterocycles. The van der Waals surface area contributed by atoms with Crippen LogP contribution in [0.4, 0.5) is 14.5 Å². The molecule has 0 radical (unpaired) electrons. The second-order valence-electron chi connectivity index (χ2n) is 3.77. The zero-order valence-corrected chi connectivity index (χ0v) is 8.39. The molecule has 80 valence electrons. The van der Waals surface area contributed by atoms with E-state index in [2.05, 4.69) is 0 Å². The number of hydrogen-bond donors (Lipinski definition) is 0. The summed E-state index contributed by atoms with van der Waals surface area (Å²) in [4.78, 5) is 12.8. The lowest BCUT2D eigenvalue weighted by molar-refractivity contribution is -0.116. The second-order valence-corrected chi connectivity index (χ2v) is 3.77. The van der Waals surface area contributed by atoms with Gasteiger partial charge in [-0.2, -0.15) is 0 Å². The summed E-state index contributed by atoms with van der Waals surface area (Å²) in [5, 5.41) is 0. The van der Waals surface area contributed by atoms with Crippen LogP contribution in [0.2, 0.25) is 0 Å². The first-order valence-electron chi connectivity index (χ1n) is 4.80. The van der Waals surface area contributed by atoms with Crippen LogP contribution in [-0.2, 0) is 4.79 Å². The molecule has 2 rings (SSSR count). The smallest absolute Gasteiger partial charge is 0.161 e. The molecule has 0 aromatic heterocycles. The Hall–Kier alpha value is -1.45. The van der Waals surface area contributed by atoms with Gasteiger partial charge >= 0.3 is 0 Å². The lowest BCUT2D eigenvalue weighted by atomic mass is 10.2. The largest absolute Gasteiger partial charge is 0.364 e. The summed E-state index contributed by atoms with van der Waals surface area (Å²) in [6.07, 6.45) is 0.484. The summed E-state index contributed by atoms with van der Waals surface area (Å²) in [7, 11) is 0. The van der Waals surface area contributed by atoms with Crippen molar-refractivity contribution in [2.24, 2.45) is 0 Å². The number of benzene rings is 1. The van der Waals surface area contributed by atoms with E-state index >= 15 is 0 Å². The van der Waals surface area contributed by atoms with Crippen molar-refractivity contribution in [1.29, 1.82) is 0 Å². The molecule has 4 heteroatoms. The highest BCUT2D eigenvalue weighted by molar-refractivity contribution is 5.87. The Bertz CT molecular complexity index is 394. The van der Waals surface area contributed by atoms with Crippen LogP contribution in [0, 0.1) is 18.6 Å². The van der Waals surface area contributed by atoms with Crippen LogP contribution in [0.25, 0.3) is 0 Å². The molecule has 0 amide bonds. The zero-order valence-electron chi connectivity index (χ0n) is 8.39. The van der Waals surface area contributed by atoms with Gasteiger partial charge in [0, 0.05) is 24.7 Å². The lowest BCUT2D eigenvalue weighted by Crippen LogP contribution is -2.20. The van der Waals surface area contributed by atoms with E-state index in [1.54, 1.807) is 11.0 Å². The molecule has 0 spiro atoms. The molecule has 0 unspecified atom stereocenters. The molecule has 0 aliphatic carbocycles. The molecule has 1 fully saturated rings. The number of Topliss-reactive ketones (excluding diaryl/α,β-unsaturated/α-hetero) is 1. The first-order chi connectivity index (χ1) is 7.08. The Morgan fingerprint density at radius 3 is 2.60 bits per heavy atom. The molecular weight excluding hydrogens is 200 g/mol. The van der Waals surface area contributed by atoms with Crippen LogP contribution in [-0.4, -0.2) is 18.9 Å². The molecule has 1 saturated heterocycles. The Labute approximate surface area is 86.5 Å². The van der Waals surface area contributed by atoms with Gasteiger partial charge in [-0.15, -0.1) is 0 Å². The first-order valence-corrected chi connectivity index (χ1v) is 4.80. The quantitative estimate of drug-likeness (QED) is 0.708. The molecule has 15 heavy (non-hydrogen) atoms. The van der Waals surface area contributed by atoms with Crippen molar-refractivity contribution >= 4 is 11.5 Å². The molecule has 0 bridgehead atoms. The Morgan fingerprint density at radius 1 is 1.33 bits per heavy atom. The van der Waals surface area contributed by atoms with E-state index in [9.17, 15) is 13.6 Å². The van der Waals surface area contributed by atoms with Crippen LogP contribution < -0.4 is 4.90 Å². The highest BCUT2D eigenvalue weighted by Gasteiger charge is 2.21. The number of nitrogens with zero attached hydrogens (tertiary/aromatic N) is 1. The predicted octanol–water partition coefficient (Wildman–Crippen LogP) is 2.05. The Balaban J connectivity index is 2.33. The average Bonchev–Trinajstić information content (AvgIpc) is 2.60. The topological polar surface area (TPSA) is 20.3 Å². The monoisotopic (exact) mass is 211 g/mol. The molecule has 0 saturated carbocycles. The minimum atomic E-state index is -0.857. The van der Waals surface area contributed by atoms with Crippen molar-refractivity contribution in [2.75, 3.05) is 18.0 Å². The van der Waals surface area contributed by atoms with Crippen LogP contribution >= 0.6 is 0 Å². The van der Waals surface area contributed by atoms with E-state index < -0.39 is 11.6 Å². The van der Waals surface area contributed by atoms with Gasteiger partial charge in [-0.05, 0) is 18.6 Å². The number of anilines is 1. The maximum absolute atomic E-state index is 13.1. The van der Waals surface area contributed by atoms with Crippen LogP contribution in [0.1, 0.15) is 12.0 Å². The van der Waals surface area contributed by atoms with E-state index in [-0.39, 0.29) is 11.3 Å². The summed E-state index contributed by atoms with van der Waals surface area (Å²) in [6, 6.07) is 2.71. The summed E-state index contributed by atoms with van der Waals surface area (Å²) in [5.41, 5.74) is 0.849. The number of carbonyl (C=O) groups is 1. The summed E-state index contributed by atoms with van der Waals surface area (Å²) in [5.74, 6) is -1.54. The fraction of sp³-hybridized carbons (Fsp3) is 0.364. The highest BCUT2D eigenvalue weighted by atomic mass is 19.2. The fourth-order valence-corrected chi connectivity index (χ4v) is 1.74. The predicted molar refractivity (Wildman–Crippen MR) is 52.9 cm³/mol. The van der Waals surface area contributed by atoms with Gasteiger partial charge in [0.1, 0.15) is 0 Å². The van der Waals surface area contributed by atoms with Gasteiger partial charge in [0.25, 0.3) is 0 Å². The minimum absolute atomic E-state index is 0.136. The maximum Gasteiger partial charge on any atom is 0.161 e. The Morgan fingerprint density at radius 2 is 2.07 bits per heavy atom. The number of ketones is 1. The average molecular weight is 211 g/mol. The van der Waals surface area contributed by atoms with Crippen LogP contribution in [0.15, 0.2) is 12.1 Å². The van der Waals surface area contributed by atoms with Crippen molar-refractivity contribution in [1.82, 2.24) is 0 Å². The number of carbonyl (C=O) groups excluding carboxylic acids is 1. The van der Waals surface area contributed by atoms with Crippen molar-refractivity contribution < 1.29 is 13.6 Å². The van der Waals surface area contributed by atoms with E-state index in [4.69, 9.17) is 0 Å². The van der Waals surface area contributed by atoms with E-state index in [0.29, 0.717) is 25.2 Å². The van der Waals surface area contributed by atoms with E-state index in [1.165, 1.54) is 6.92 Å². The lowest BCUT2D eigenvalue weighted by Gasteiger charge is -2.17. The van der Waals surface area contributed by atoms with Crippen molar-refractivity contribution in [3.8, 4) is 0 Å². The summed E-state index contributed by atoms with van der Waals surface area (Å²) < 4.78 is 26.1. The fourth-order valence-electron chi connectivity index (χ4n) is 1.74. The van der Waals surface area contributed by atoms with Gasteiger partial charge in [0.15, 0.2) is 17.4 Å². The first kappa shape index (κ1) is 10.1.